The van der Waals surface area contributed by atoms with E-state index in [0.717, 1.165) is 5.56 Å². The number of nitrogen functional groups attached to an aromatic ring is 1. The Morgan fingerprint density at radius 1 is 1.20 bits per heavy atom. The van der Waals surface area contributed by atoms with Crippen molar-refractivity contribution in [3.8, 4) is 0 Å². The average Bonchev–Trinajstić information content (AvgIpc) is 2.45. The van der Waals surface area contributed by atoms with Crippen molar-refractivity contribution in [1.82, 2.24) is 5.32 Å². The van der Waals surface area contributed by atoms with Gasteiger partial charge >= 0.3 is 0 Å². The molecule has 0 aromatic heterocycles. The fourth-order valence-corrected chi connectivity index (χ4v) is 2.18. The average molecular weight is 309 g/mol. The van der Waals surface area contributed by atoms with Gasteiger partial charge in [0.05, 0.1) is 21.8 Å². The Balaban J connectivity index is 2.17. The van der Waals surface area contributed by atoms with Gasteiger partial charge in [-0.3, -0.25) is 4.79 Å². The van der Waals surface area contributed by atoms with Crippen LogP contribution in [-0.4, -0.2) is 5.91 Å². The molecule has 0 spiro atoms. The number of anilines is 1. The van der Waals surface area contributed by atoms with Crippen molar-refractivity contribution in [3.05, 3.63) is 63.6 Å². The molecule has 2 aromatic rings. The standard InChI is InChI=1S/C15H14Cl2N2O/c1-9(10-5-3-2-4-6-10)19-15(20)11-7-12(16)14(17)13(18)8-11/h2-9H,18H2,1H3,(H,19,20)/t9-/m1/s1. The van der Waals surface area contributed by atoms with Gasteiger partial charge < -0.3 is 11.1 Å². The van der Waals surface area contributed by atoms with Gasteiger partial charge in [0, 0.05) is 5.56 Å². The van der Waals surface area contributed by atoms with Crippen LogP contribution >= 0.6 is 23.2 Å². The van der Waals surface area contributed by atoms with Crippen molar-refractivity contribution in [2.75, 3.05) is 5.73 Å². The molecule has 5 heteroatoms. The molecule has 0 aliphatic rings. The van der Waals surface area contributed by atoms with Crippen molar-refractivity contribution >= 4 is 34.8 Å². The number of benzene rings is 2. The molecule has 3 N–H and O–H groups in total. The molecular formula is C15H14Cl2N2O. The number of nitrogens with one attached hydrogen (secondary N) is 1. The largest absolute Gasteiger partial charge is 0.397 e. The van der Waals surface area contributed by atoms with Crippen LogP contribution in [0.1, 0.15) is 28.9 Å². The summed E-state index contributed by atoms with van der Waals surface area (Å²) in [5, 5.41) is 3.42. The number of halogens is 2. The van der Waals surface area contributed by atoms with E-state index in [2.05, 4.69) is 5.32 Å². The lowest BCUT2D eigenvalue weighted by Crippen LogP contribution is -2.26. The lowest BCUT2D eigenvalue weighted by Gasteiger charge is -2.15. The van der Waals surface area contributed by atoms with Gasteiger partial charge in [0.1, 0.15) is 0 Å². The number of hydrogen-bond acceptors (Lipinski definition) is 2. The van der Waals surface area contributed by atoms with E-state index in [1.54, 1.807) is 0 Å². The van der Waals surface area contributed by atoms with Crippen molar-refractivity contribution in [2.24, 2.45) is 0 Å². The van der Waals surface area contributed by atoms with Gasteiger partial charge in [0.15, 0.2) is 0 Å². The van der Waals surface area contributed by atoms with Crippen LogP contribution in [0.5, 0.6) is 0 Å². The number of hydrogen-bond donors (Lipinski definition) is 2. The molecule has 20 heavy (non-hydrogen) atoms. The summed E-state index contributed by atoms with van der Waals surface area (Å²) in [5.74, 6) is -0.244. The lowest BCUT2D eigenvalue weighted by molar-refractivity contribution is 0.0940. The van der Waals surface area contributed by atoms with Crippen molar-refractivity contribution < 1.29 is 4.79 Å². The molecular weight excluding hydrogens is 295 g/mol. The van der Waals surface area contributed by atoms with Crippen LogP contribution in [0.4, 0.5) is 5.69 Å². The fourth-order valence-electron chi connectivity index (χ4n) is 1.85. The van der Waals surface area contributed by atoms with E-state index < -0.39 is 0 Å². The first kappa shape index (κ1) is 14.7. The van der Waals surface area contributed by atoms with E-state index in [0.29, 0.717) is 5.56 Å². The summed E-state index contributed by atoms with van der Waals surface area (Å²) in [7, 11) is 0. The van der Waals surface area contributed by atoms with Crippen molar-refractivity contribution in [2.45, 2.75) is 13.0 Å². The van der Waals surface area contributed by atoms with E-state index in [9.17, 15) is 4.79 Å². The Morgan fingerprint density at radius 2 is 1.85 bits per heavy atom. The first-order valence-corrected chi connectivity index (χ1v) is 6.85. The van der Waals surface area contributed by atoms with Crippen LogP contribution in [0, 0.1) is 0 Å². The Bertz CT molecular complexity index is 606. The molecule has 2 aromatic carbocycles. The van der Waals surface area contributed by atoms with Crippen molar-refractivity contribution in [3.63, 3.8) is 0 Å². The third-order valence-electron chi connectivity index (χ3n) is 2.97. The summed E-state index contributed by atoms with van der Waals surface area (Å²) in [6.45, 7) is 1.91. The maximum absolute atomic E-state index is 12.2. The van der Waals surface area contributed by atoms with Crippen LogP contribution in [0.2, 0.25) is 10.0 Å². The van der Waals surface area contributed by atoms with Crippen LogP contribution < -0.4 is 11.1 Å². The van der Waals surface area contributed by atoms with Gasteiger partial charge in [-0.2, -0.15) is 0 Å². The first-order valence-electron chi connectivity index (χ1n) is 6.09. The zero-order chi connectivity index (χ0) is 14.7. The lowest BCUT2D eigenvalue weighted by atomic mass is 10.1. The summed E-state index contributed by atoms with van der Waals surface area (Å²) < 4.78 is 0. The molecule has 0 fully saturated rings. The summed E-state index contributed by atoms with van der Waals surface area (Å²) in [6.07, 6.45) is 0. The zero-order valence-electron chi connectivity index (χ0n) is 10.9. The molecule has 1 amide bonds. The van der Waals surface area contributed by atoms with Gasteiger partial charge in [-0.1, -0.05) is 53.5 Å². The Morgan fingerprint density at radius 3 is 2.45 bits per heavy atom. The smallest absolute Gasteiger partial charge is 0.251 e. The summed E-state index contributed by atoms with van der Waals surface area (Å²) >= 11 is 11.8. The number of nitrogens with two attached hydrogens (primary N) is 1. The first-order chi connectivity index (χ1) is 9.49. The second-order valence-corrected chi connectivity index (χ2v) is 5.25. The Hall–Kier alpha value is -1.71. The Labute approximate surface area is 127 Å². The van der Waals surface area contributed by atoms with Gasteiger partial charge in [-0.15, -0.1) is 0 Å². The normalized spacial score (nSPS) is 11.9. The highest BCUT2D eigenvalue weighted by Crippen LogP contribution is 2.29. The molecule has 3 nitrogen and oxygen atoms in total. The highest BCUT2D eigenvalue weighted by Gasteiger charge is 2.14. The quantitative estimate of drug-likeness (QED) is 0.840. The molecule has 0 aliphatic heterocycles. The maximum Gasteiger partial charge on any atom is 0.251 e. The second-order valence-electron chi connectivity index (χ2n) is 4.47. The molecule has 1 atom stereocenters. The van der Waals surface area contributed by atoms with Crippen LogP contribution in [0.3, 0.4) is 0 Å². The summed E-state index contributed by atoms with van der Waals surface area (Å²) in [5.41, 5.74) is 7.40. The third-order valence-corrected chi connectivity index (χ3v) is 3.78. The molecule has 0 saturated carbocycles. The SMILES string of the molecule is C[C@@H](NC(=O)c1cc(N)c(Cl)c(Cl)c1)c1ccccc1. The van der Waals surface area contributed by atoms with E-state index in [4.69, 9.17) is 28.9 Å². The summed E-state index contributed by atoms with van der Waals surface area (Å²) in [4.78, 5) is 12.2. The van der Waals surface area contributed by atoms with Crippen LogP contribution in [0.15, 0.2) is 42.5 Å². The number of amides is 1. The minimum absolute atomic E-state index is 0.112. The molecule has 2 rings (SSSR count). The topological polar surface area (TPSA) is 55.1 Å². The minimum atomic E-state index is -0.244. The molecule has 0 saturated heterocycles. The molecule has 104 valence electrons. The number of carbonyl (C=O) groups excluding carboxylic acids is 1. The van der Waals surface area contributed by atoms with Crippen molar-refractivity contribution in [1.29, 1.82) is 0 Å². The van der Waals surface area contributed by atoms with Gasteiger partial charge in [0.25, 0.3) is 5.91 Å². The molecule has 0 heterocycles. The predicted octanol–water partition coefficient (Wildman–Crippen LogP) is 4.07. The summed E-state index contributed by atoms with van der Waals surface area (Å²) in [6, 6.07) is 12.6. The minimum Gasteiger partial charge on any atom is -0.397 e. The molecule has 0 unspecified atom stereocenters. The predicted molar refractivity (Wildman–Crippen MR) is 83.2 cm³/mol. The maximum atomic E-state index is 12.2. The number of rotatable bonds is 3. The van der Waals surface area contributed by atoms with E-state index in [1.807, 2.05) is 37.3 Å². The monoisotopic (exact) mass is 308 g/mol. The molecule has 0 aliphatic carbocycles. The van der Waals surface area contributed by atoms with E-state index >= 15 is 0 Å². The third kappa shape index (κ3) is 3.24. The van der Waals surface area contributed by atoms with Gasteiger partial charge in [-0.25, -0.2) is 0 Å². The number of carbonyl (C=O) groups is 1. The van der Waals surface area contributed by atoms with Crippen LogP contribution in [-0.2, 0) is 0 Å². The Kier molecular flexibility index (Phi) is 4.53. The highest BCUT2D eigenvalue weighted by molar-refractivity contribution is 6.43. The highest BCUT2D eigenvalue weighted by atomic mass is 35.5. The molecule has 0 bridgehead atoms. The van der Waals surface area contributed by atoms with Gasteiger partial charge in [0.2, 0.25) is 0 Å². The molecule has 0 radical (unpaired) electrons. The zero-order valence-corrected chi connectivity index (χ0v) is 12.4. The van der Waals surface area contributed by atoms with E-state index in [-0.39, 0.29) is 27.7 Å². The van der Waals surface area contributed by atoms with Gasteiger partial charge in [-0.05, 0) is 24.6 Å². The second kappa shape index (κ2) is 6.16. The van der Waals surface area contributed by atoms with E-state index in [1.165, 1.54) is 12.1 Å². The fraction of sp³-hybridized carbons (Fsp3) is 0.133. The van der Waals surface area contributed by atoms with Crippen LogP contribution in [0.25, 0.3) is 0 Å².